The van der Waals surface area contributed by atoms with Crippen molar-refractivity contribution < 1.29 is 9.53 Å². The second-order valence-corrected chi connectivity index (χ2v) is 5.81. The van der Waals surface area contributed by atoms with E-state index in [1.54, 1.807) is 0 Å². The topological polar surface area (TPSA) is 62.4 Å². The SMILES string of the molecule is CC(C)(C)OC(=O)NC/C=C/CNC1CCCNC1. The molecule has 5 nitrogen and oxygen atoms in total. The lowest BCUT2D eigenvalue weighted by atomic mass is 10.1. The summed E-state index contributed by atoms with van der Waals surface area (Å²) in [6.07, 6.45) is 6.07. The van der Waals surface area contributed by atoms with Crippen molar-refractivity contribution in [3.8, 4) is 0 Å². The minimum atomic E-state index is -0.441. The molecule has 3 N–H and O–H groups in total. The van der Waals surface area contributed by atoms with Gasteiger partial charge < -0.3 is 20.7 Å². The van der Waals surface area contributed by atoms with E-state index < -0.39 is 5.60 Å². The first-order valence-corrected chi connectivity index (χ1v) is 7.03. The van der Waals surface area contributed by atoms with Gasteiger partial charge in [-0.25, -0.2) is 4.79 Å². The minimum Gasteiger partial charge on any atom is -0.444 e. The third kappa shape index (κ3) is 8.61. The van der Waals surface area contributed by atoms with E-state index >= 15 is 0 Å². The molecule has 1 unspecified atom stereocenters. The molecule has 0 aliphatic carbocycles. The fourth-order valence-electron chi connectivity index (χ4n) is 1.88. The molecule has 1 amide bonds. The molecule has 1 rings (SSSR count). The molecule has 0 aromatic rings. The van der Waals surface area contributed by atoms with Gasteiger partial charge in [0.15, 0.2) is 0 Å². The lowest BCUT2D eigenvalue weighted by Crippen LogP contribution is -2.43. The summed E-state index contributed by atoms with van der Waals surface area (Å²) in [6, 6.07) is 0.567. The van der Waals surface area contributed by atoms with Crippen LogP contribution in [0.15, 0.2) is 12.2 Å². The van der Waals surface area contributed by atoms with Crippen molar-refractivity contribution in [2.75, 3.05) is 26.2 Å². The second kappa shape index (κ2) is 8.17. The van der Waals surface area contributed by atoms with Crippen LogP contribution in [0, 0.1) is 0 Å². The molecule has 0 bridgehead atoms. The summed E-state index contributed by atoms with van der Waals surface area (Å²) in [4.78, 5) is 11.3. The maximum Gasteiger partial charge on any atom is 0.407 e. The summed E-state index contributed by atoms with van der Waals surface area (Å²) in [5.74, 6) is 0. The number of amides is 1. The number of hydrogen-bond donors (Lipinski definition) is 3. The molecule has 1 heterocycles. The maximum absolute atomic E-state index is 11.3. The predicted molar refractivity (Wildman–Crippen MR) is 77.3 cm³/mol. The Labute approximate surface area is 116 Å². The Balaban J connectivity index is 2.02. The molecule has 110 valence electrons. The van der Waals surface area contributed by atoms with Crippen molar-refractivity contribution >= 4 is 6.09 Å². The highest BCUT2D eigenvalue weighted by molar-refractivity contribution is 5.67. The lowest BCUT2D eigenvalue weighted by Gasteiger charge is -2.23. The second-order valence-electron chi connectivity index (χ2n) is 5.81. The van der Waals surface area contributed by atoms with E-state index in [0.29, 0.717) is 12.6 Å². The number of rotatable bonds is 5. The molecule has 19 heavy (non-hydrogen) atoms. The lowest BCUT2D eigenvalue weighted by molar-refractivity contribution is 0.0534. The number of ether oxygens (including phenoxy) is 1. The highest BCUT2D eigenvalue weighted by Gasteiger charge is 2.15. The molecule has 1 atom stereocenters. The highest BCUT2D eigenvalue weighted by Crippen LogP contribution is 2.06. The maximum atomic E-state index is 11.3. The van der Waals surface area contributed by atoms with E-state index in [0.717, 1.165) is 19.6 Å². The Kier molecular flexibility index (Phi) is 6.87. The fourth-order valence-corrected chi connectivity index (χ4v) is 1.88. The average molecular weight is 269 g/mol. The average Bonchev–Trinajstić information content (AvgIpc) is 2.32. The quantitative estimate of drug-likeness (QED) is 0.660. The Morgan fingerprint density at radius 1 is 1.37 bits per heavy atom. The third-order valence-electron chi connectivity index (χ3n) is 2.75. The summed E-state index contributed by atoms with van der Waals surface area (Å²) < 4.78 is 5.13. The van der Waals surface area contributed by atoms with Gasteiger partial charge in [-0.05, 0) is 40.2 Å². The standard InChI is InChI=1S/C14H27N3O2/c1-14(2,3)19-13(18)17-10-5-4-9-16-12-7-6-8-15-11-12/h4-5,12,15-16H,6-11H2,1-3H3,(H,17,18)/b5-4+. The van der Waals surface area contributed by atoms with Gasteiger partial charge in [0.25, 0.3) is 0 Å². The Morgan fingerprint density at radius 2 is 2.11 bits per heavy atom. The van der Waals surface area contributed by atoms with Crippen LogP contribution in [0.5, 0.6) is 0 Å². The van der Waals surface area contributed by atoms with Crippen molar-refractivity contribution in [3.63, 3.8) is 0 Å². The van der Waals surface area contributed by atoms with Crippen LogP contribution in [0.25, 0.3) is 0 Å². The normalized spacial score (nSPS) is 20.5. The van der Waals surface area contributed by atoms with E-state index in [1.165, 1.54) is 12.8 Å². The van der Waals surface area contributed by atoms with E-state index in [1.807, 2.05) is 32.9 Å². The fraction of sp³-hybridized carbons (Fsp3) is 0.786. The molecule has 1 aliphatic rings. The first-order valence-electron chi connectivity index (χ1n) is 7.03. The van der Waals surface area contributed by atoms with E-state index in [9.17, 15) is 4.79 Å². The summed E-state index contributed by atoms with van der Waals surface area (Å²) in [7, 11) is 0. The van der Waals surface area contributed by atoms with Crippen molar-refractivity contribution in [1.82, 2.24) is 16.0 Å². The number of piperidine rings is 1. The first kappa shape index (κ1) is 16.0. The molecule has 0 aromatic heterocycles. The van der Waals surface area contributed by atoms with E-state index in [2.05, 4.69) is 16.0 Å². The smallest absolute Gasteiger partial charge is 0.407 e. The van der Waals surface area contributed by atoms with Gasteiger partial charge in [-0.15, -0.1) is 0 Å². The minimum absolute atomic E-state index is 0.374. The van der Waals surface area contributed by atoms with Crippen molar-refractivity contribution in [3.05, 3.63) is 12.2 Å². The predicted octanol–water partition coefficient (Wildman–Crippen LogP) is 1.41. The summed E-state index contributed by atoms with van der Waals surface area (Å²) in [5, 5.41) is 9.51. The molecular formula is C14H27N3O2. The van der Waals surface area contributed by atoms with Crippen LogP contribution in [-0.4, -0.2) is 43.9 Å². The van der Waals surface area contributed by atoms with Crippen LogP contribution in [0.2, 0.25) is 0 Å². The number of hydrogen-bond acceptors (Lipinski definition) is 4. The zero-order valence-electron chi connectivity index (χ0n) is 12.3. The zero-order chi connectivity index (χ0) is 14.1. The van der Waals surface area contributed by atoms with Crippen LogP contribution in [-0.2, 0) is 4.74 Å². The van der Waals surface area contributed by atoms with Crippen LogP contribution < -0.4 is 16.0 Å². The van der Waals surface area contributed by atoms with Crippen molar-refractivity contribution in [2.45, 2.75) is 45.3 Å². The molecule has 0 spiro atoms. The molecule has 0 aromatic carbocycles. The van der Waals surface area contributed by atoms with E-state index in [4.69, 9.17) is 4.74 Å². The monoisotopic (exact) mass is 269 g/mol. The summed E-state index contributed by atoms with van der Waals surface area (Å²) >= 11 is 0. The molecule has 1 saturated heterocycles. The largest absolute Gasteiger partial charge is 0.444 e. The molecule has 1 fully saturated rings. The van der Waals surface area contributed by atoms with Crippen LogP contribution >= 0.6 is 0 Å². The molecule has 0 saturated carbocycles. The molecule has 1 aliphatic heterocycles. The van der Waals surface area contributed by atoms with Crippen LogP contribution in [0.4, 0.5) is 4.79 Å². The summed E-state index contributed by atoms with van der Waals surface area (Å²) in [5.41, 5.74) is -0.441. The Bertz CT molecular complexity index is 292. The van der Waals surface area contributed by atoms with Crippen molar-refractivity contribution in [2.24, 2.45) is 0 Å². The Morgan fingerprint density at radius 3 is 2.74 bits per heavy atom. The van der Waals surface area contributed by atoms with Gasteiger partial charge in [0.1, 0.15) is 5.60 Å². The first-order chi connectivity index (χ1) is 8.97. The Hall–Kier alpha value is -1.07. The zero-order valence-corrected chi connectivity index (χ0v) is 12.3. The van der Waals surface area contributed by atoms with Gasteiger partial charge in [-0.2, -0.15) is 0 Å². The highest BCUT2D eigenvalue weighted by atomic mass is 16.6. The van der Waals surface area contributed by atoms with Crippen LogP contribution in [0.1, 0.15) is 33.6 Å². The molecule has 5 heteroatoms. The van der Waals surface area contributed by atoms with Gasteiger partial charge in [-0.3, -0.25) is 0 Å². The van der Waals surface area contributed by atoms with Gasteiger partial charge in [0.2, 0.25) is 0 Å². The van der Waals surface area contributed by atoms with Crippen LogP contribution in [0.3, 0.4) is 0 Å². The van der Waals surface area contributed by atoms with Gasteiger partial charge in [0.05, 0.1) is 0 Å². The van der Waals surface area contributed by atoms with Gasteiger partial charge in [0, 0.05) is 25.7 Å². The van der Waals surface area contributed by atoms with Gasteiger partial charge >= 0.3 is 6.09 Å². The third-order valence-corrected chi connectivity index (χ3v) is 2.75. The van der Waals surface area contributed by atoms with Gasteiger partial charge in [-0.1, -0.05) is 12.2 Å². The number of carbonyl (C=O) groups is 1. The number of nitrogens with one attached hydrogen (secondary N) is 3. The van der Waals surface area contributed by atoms with Crippen molar-refractivity contribution in [1.29, 1.82) is 0 Å². The summed E-state index contributed by atoms with van der Waals surface area (Å²) in [6.45, 7) is 9.07. The molecular weight excluding hydrogens is 242 g/mol. The number of carbonyl (C=O) groups excluding carboxylic acids is 1. The number of alkyl carbamates (subject to hydrolysis) is 1. The molecule has 0 radical (unpaired) electrons. The van der Waals surface area contributed by atoms with E-state index in [-0.39, 0.29) is 6.09 Å².